The molecule has 1 fully saturated rings. The molecule has 0 radical (unpaired) electrons. The van der Waals surface area contributed by atoms with Crippen molar-refractivity contribution in [3.63, 3.8) is 0 Å². The molecule has 0 bridgehead atoms. The number of para-hydroxylation sites is 1. The Morgan fingerprint density at radius 3 is 2.28 bits per heavy atom. The monoisotopic (exact) mass is 742 g/mol. The Hall–Kier alpha value is -4.72. The van der Waals surface area contributed by atoms with Crippen molar-refractivity contribution in [3.8, 4) is 0 Å². The van der Waals surface area contributed by atoms with Gasteiger partial charge in [0, 0.05) is 30.2 Å². The second kappa shape index (κ2) is 17.0. The molecule has 0 aliphatic carbocycles. The summed E-state index contributed by atoms with van der Waals surface area (Å²) in [6.45, 7) is 9.78. The summed E-state index contributed by atoms with van der Waals surface area (Å²) in [5, 5.41) is 23.8. The summed E-state index contributed by atoms with van der Waals surface area (Å²) in [6.07, 6.45) is 1.99. The Balaban J connectivity index is 1.34. The number of rotatable bonds is 13. The number of aliphatic hydroxyl groups is 1. The molecule has 2 aromatic heterocycles. The van der Waals surface area contributed by atoms with Gasteiger partial charge in [0.1, 0.15) is 11.7 Å². The van der Waals surface area contributed by atoms with Crippen molar-refractivity contribution in [2.45, 2.75) is 87.8 Å². The fourth-order valence-electron chi connectivity index (χ4n) is 7.04. The lowest BCUT2D eigenvalue weighted by molar-refractivity contribution is -0.126. The average Bonchev–Trinajstić information content (AvgIpc) is 3.15. The molecule has 53 heavy (non-hydrogen) atoms. The van der Waals surface area contributed by atoms with E-state index in [-0.39, 0.29) is 29.5 Å². The van der Waals surface area contributed by atoms with Crippen molar-refractivity contribution in [1.82, 2.24) is 31.2 Å². The Kier molecular flexibility index (Phi) is 12.6. The zero-order chi connectivity index (χ0) is 38.3. The number of benzene rings is 2. The van der Waals surface area contributed by atoms with Crippen molar-refractivity contribution in [2.24, 2.45) is 11.3 Å². The van der Waals surface area contributed by atoms with Crippen LogP contribution in [0.5, 0.6) is 0 Å². The number of nitrogens with one attached hydrogen (secondary N) is 4. The fourth-order valence-corrected chi connectivity index (χ4v) is 8.80. The molecule has 2 aromatic carbocycles. The summed E-state index contributed by atoms with van der Waals surface area (Å²) >= 11 is 0. The first-order chi connectivity index (χ1) is 25.2. The molecule has 1 aliphatic rings. The molecule has 1 saturated heterocycles. The summed E-state index contributed by atoms with van der Waals surface area (Å²) in [7, 11) is -3.69. The van der Waals surface area contributed by atoms with Crippen LogP contribution in [-0.4, -0.2) is 83.8 Å². The van der Waals surface area contributed by atoms with Gasteiger partial charge in [-0.1, -0.05) is 89.2 Å². The van der Waals surface area contributed by atoms with E-state index in [0.717, 1.165) is 10.9 Å². The van der Waals surface area contributed by atoms with Gasteiger partial charge in [-0.3, -0.25) is 19.4 Å². The van der Waals surface area contributed by atoms with Gasteiger partial charge >= 0.3 is 0 Å². The molecule has 4 aromatic rings. The largest absolute Gasteiger partial charge is 0.389 e. The highest BCUT2D eigenvalue weighted by Crippen LogP contribution is 2.39. The number of pyridine rings is 2. The summed E-state index contributed by atoms with van der Waals surface area (Å²) < 4.78 is 26.6. The van der Waals surface area contributed by atoms with Crippen molar-refractivity contribution in [1.29, 1.82) is 0 Å². The standard InChI is InChI=1S/C40H50N6O6S/c1-25(2)35(45-38(49)31-16-15-26-11-9-10-14-30(26)44-31)39(50)46-36(34(40(3,4)5)27-12-7-6-8-13-27)33(47)24-43-37(48)32-23-29(19-22-42-32)53(51,52)28-17-20-41-21-18-28/h6-18,20-21,25,29,32-36,42,47H,19,22-24H2,1-5H3,(H,43,48)(H,45,49)(H,46,50)/t29?,32?,33?,34?,35-,36?/m0/s1. The number of aromatic nitrogens is 2. The minimum atomic E-state index is -3.69. The predicted octanol–water partition coefficient (Wildman–Crippen LogP) is 3.77. The lowest BCUT2D eigenvalue weighted by Gasteiger charge is -2.41. The number of carbonyl (C=O) groups is 3. The van der Waals surface area contributed by atoms with E-state index in [1.807, 2.05) is 89.2 Å². The number of amides is 3. The molecule has 0 spiro atoms. The van der Waals surface area contributed by atoms with Gasteiger partial charge < -0.3 is 26.4 Å². The van der Waals surface area contributed by atoms with E-state index in [4.69, 9.17) is 0 Å². The van der Waals surface area contributed by atoms with Gasteiger partial charge in [-0.2, -0.15) is 0 Å². The number of aliphatic hydroxyl groups excluding tert-OH is 1. The van der Waals surface area contributed by atoms with E-state index in [1.54, 1.807) is 12.1 Å². The van der Waals surface area contributed by atoms with Crippen LogP contribution in [0.15, 0.2) is 96.2 Å². The third-order valence-electron chi connectivity index (χ3n) is 9.82. The van der Waals surface area contributed by atoms with Crippen LogP contribution in [0.25, 0.3) is 10.9 Å². The molecule has 6 atom stereocenters. The third-order valence-corrected chi connectivity index (χ3v) is 12.1. The second-order valence-electron chi connectivity index (χ2n) is 15.1. The first-order valence-corrected chi connectivity index (χ1v) is 19.6. The maximum absolute atomic E-state index is 14.2. The Labute approximate surface area is 311 Å². The van der Waals surface area contributed by atoms with Crippen LogP contribution in [-0.2, 0) is 19.4 Å². The number of sulfone groups is 1. The highest BCUT2D eigenvalue weighted by atomic mass is 32.2. The van der Waals surface area contributed by atoms with Gasteiger partial charge in [-0.05, 0) is 60.5 Å². The average molecular weight is 743 g/mol. The van der Waals surface area contributed by atoms with E-state index in [0.29, 0.717) is 18.5 Å². The molecule has 282 valence electrons. The number of piperidine rings is 1. The molecule has 5 N–H and O–H groups in total. The number of nitrogens with zero attached hydrogens (tertiary/aromatic N) is 2. The highest BCUT2D eigenvalue weighted by Gasteiger charge is 2.41. The lowest BCUT2D eigenvalue weighted by atomic mass is 9.70. The summed E-state index contributed by atoms with van der Waals surface area (Å²) in [4.78, 5) is 49.6. The van der Waals surface area contributed by atoms with Crippen LogP contribution in [0, 0.1) is 11.3 Å². The van der Waals surface area contributed by atoms with Crippen LogP contribution in [0.2, 0.25) is 0 Å². The van der Waals surface area contributed by atoms with E-state index in [2.05, 4.69) is 31.2 Å². The smallest absolute Gasteiger partial charge is 0.270 e. The normalized spacial score (nSPS) is 18.8. The first-order valence-electron chi connectivity index (χ1n) is 18.0. The molecule has 5 rings (SSSR count). The second-order valence-corrected chi connectivity index (χ2v) is 17.3. The van der Waals surface area contributed by atoms with Gasteiger partial charge in [-0.15, -0.1) is 0 Å². The molecular weight excluding hydrogens is 693 g/mol. The van der Waals surface area contributed by atoms with Crippen molar-refractivity contribution < 1.29 is 27.9 Å². The van der Waals surface area contributed by atoms with Crippen LogP contribution in [0.1, 0.15) is 69.4 Å². The van der Waals surface area contributed by atoms with E-state index in [9.17, 15) is 27.9 Å². The quantitative estimate of drug-likeness (QED) is 0.136. The molecule has 3 heterocycles. The first kappa shape index (κ1) is 39.5. The van der Waals surface area contributed by atoms with E-state index in [1.165, 1.54) is 24.5 Å². The number of hydrogen-bond acceptors (Lipinski definition) is 9. The topological polar surface area (TPSA) is 179 Å². The van der Waals surface area contributed by atoms with Crippen molar-refractivity contribution in [3.05, 3.63) is 103 Å². The Morgan fingerprint density at radius 2 is 1.60 bits per heavy atom. The zero-order valence-electron chi connectivity index (χ0n) is 30.8. The van der Waals surface area contributed by atoms with Crippen molar-refractivity contribution in [2.75, 3.05) is 13.1 Å². The predicted molar refractivity (Wildman–Crippen MR) is 204 cm³/mol. The summed E-state index contributed by atoms with van der Waals surface area (Å²) in [5.74, 6) is -2.20. The molecule has 13 heteroatoms. The van der Waals surface area contributed by atoms with Crippen LogP contribution >= 0.6 is 0 Å². The maximum Gasteiger partial charge on any atom is 0.270 e. The van der Waals surface area contributed by atoms with E-state index >= 15 is 0 Å². The van der Waals surface area contributed by atoms with Crippen molar-refractivity contribution >= 4 is 38.5 Å². The maximum atomic E-state index is 14.2. The van der Waals surface area contributed by atoms with Crippen LogP contribution in [0.4, 0.5) is 0 Å². The Morgan fingerprint density at radius 1 is 0.925 bits per heavy atom. The molecule has 0 saturated carbocycles. The fraction of sp³-hybridized carbons (Fsp3) is 0.425. The van der Waals surface area contributed by atoms with E-state index < -0.39 is 68.4 Å². The minimum absolute atomic E-state index is 0.0587. The number of fused-ring (bicyclic) bond motifs is 1. The van der Waals surface area contributed by atoms with Gasteiger partial charge in [0.15, 0.2) is 9.84 Å². The van der Waals surface area contributed by atoms with Crippen LogP contribution in [0.3, 0.4) is 0 Å². The third kappa shape index (κ3) is 9.64. The van der Waals surface area contributed by atoms with Gasteiger partial charge in [0.2, 0.25) is 11.8 Å². The number of carbonyl (C=O) groups excluding carboxylic acids is 3. The summed E-state index contributed by atoms with van der Waals surface area (Å²) in [5.41, 5.74) is 1.22. The van der Waals surface area contributed by atoms with Gasteiger partial charge in [0.05, 0.1) is 33.8 Å². The zero-order valence-corrected chi connectivity index (χ0v) is 31.6. The minimum Gasteiger partial charge on any atom is -0.389 e. The van der Waals surface area contributed by atoms with Crippen LogP contribution < -0.4 is 21.3 Å². The molecule has 5 unspecified atom stereocenters. The highest BCUT2D eigenvalue weighted by molar-refractivity contribution is 7.92. The molecule has 3 amide bonds. The number of hydrogen-bond donors (Lipinski definition) is 5. The molecule has 1 aliphatic heterocycles. The lowest BCUT2D eigenvalue weighted by Crippen LogP contribution is -2.59. The molecule has 12 nitrogen and oxygen atoms in total. The van der Waals surface area contributed by atoms with Gasteiger partial charge in [0.25, 0.3) is 5.91 Å². The molecular formula is C40H50N6O6S. The Bertz CT molecular complexity index is 1990. The SMILES string of the molecule is CC(C)[C@H](NC(=O)c1ccc2ccccc2n1)C(=O)NC(C(O)CNC(=O)C1CC(S(=O)(=O)c2ccncc2)CCN1)C(c1ccccc1)C(C)(C)C. The summed E-state index contributed by atoms with van der Waals surface area (Å²) in [6, 6.07) is 20.6. The van der Waals surface area contributed by atoms with Gasteiger partial charge in [-0.25, -0.2) is 13.4 Å².